The van der Waals surface area contributed by atoms with Crippen LogP contribution in [0.2, 0.25) is 0 Å². The summed E-state index contributed by atoms with van der Waals surface area (Å²) in [5, 5.41) is 0. The summed E-state index contributed by atoms with van der Waals surface area (Å²) in [6, 6.07) is 8.04. The molecular formula is C16H22N2O2. The Morgan fingerprint density at radius 3 is 2.20 bits per heavy atom. The minimum Gasteiger partial charge on any atom is -0.378 e. The van der Waals surface area contributed by atoms with E-state index in [0.29, 0.717) is 0 Å². The first kappa shape index (κ1) is 13.4. The van der Waals surface area contributed by atoms with Crippen LogP contribution in [0.25, 0.3) is 0 Å². The van der Waals surface area contributed by atoms with E-state index in [1.807, 2.05) is 17.0 Å². The zero-order valence-corrected chi connectivity index (χ0v) is 11.9. The average molecular weight is 274 g/mol. The van der Waals surface area contributed by atoms with E-state index in [2.05, 4.69) is 17.0 Å². The number of ether oxygens (including phenoxy) is 1. The van der Waals surface area contributed by atoms with E-state index in [9.17, 15) is 4.79 Å². The summed E-state index contributed by atoms with van der Waals surface area (Å²) in [6.07, 6.45) is 3.52. The molecule has 0 aliphatic carbocycles. The summed E-state index contributed by atoms with van der Waals surface area (Å²) in [7, 11) is 0. The van der Waals surface area contributed by atoms with Gasteiger partial charge in [-0.3, -0.25) is 4.79 Å². The zero-order chi connectivity index (χ0) is 13.8. The standard InChI is InChI=1S/C16H22N2O2/c19-16(18-8-2-1-3-9-18)14-4-6-15(7-5-14)17-10-12-20-13-11-17/h4-7H,1-3,8-13H2. The molecule has 3 rings (SSSR count). The largest absolute Gasteiger partial charge is 0.378 e. The number of amides is 1. The monoisotopic (exact) mass is 274 g/mol. The SMILES string of the molecule is O=C(c1ccc(N2CCOCC2)cc1)N1CCCCC1. The third-order valence-electron chi connectivity index (χ3n) is 4.13. The molecule has 2 heterocycles. The second-order valence-electron chi connectivity index (χ2n) is 5.50. The Labute approximate surface area is 120 Å². The molecule has 2 aliphatic heterocycles. The van der Waals surface area contributed by atoms with Gasteiger partial charge in [0.05, 0.1) is 13.2 Å². The van der Waals surface area contributed by atoms with E-state index in [-0.39, 0.29) is 5.91 Å². The molecule has 0 spiro atoms. The van der Waals surface area contributed by atoms with Gasteiger partial charge in [0.15, 0.2) is 0 Å². The summed E-state index contributed by atoms with van der Waals surface area (Å²) in [5.74, 6) is 0.179. The molecule has 1 amide bonds. The Kier molecular flexibility index (Phi) is 4.21. The topological polar surface area (TPSA) is 32.8 Å². The highest BCUT2D eigenvalue weighted by Gasteiger charge is 2.18. The van der Waals surface area contributed by atoms with Gasteiger partial charge in [-0.25, -0.2) is 0 Å². The lowest BCUT2D eigenvalue weighted by Gasteiger charge is -2.29. The van der Waals surface area contributed by atoms with Gasteiger partial charge in [-0.2, -0.15) is 0 Å². The fourth-order valence-corrected chi connectivity index (χ4v) is 2.92. The first-order valence-corrected chi connectivity index (χ1v) is 7.56. The van der Waals surface area contributed by atoms with E-state index in [1.54, 1.807) is 0 Å². The number of hydrogen-bond acceptors (Lipinski definition) is 3. The van der Waals surface area contributed by atoms with Crippen LogP contribution in [0, 0.1) is 0 Å². The van der Waals surface area contributed by atoms with Gasteiger partial charge in [0.1, 0.15) is 0 Å². The van der Waals surface area contributed by atoms with Gasteiger partial charge in [-0.1, -0.05) is 0 Å². The number of morpholine rings is 1. The van der Waals surface area contributed by atoms with Crippen molar-refractivity contribution in [1.82, 2.24) is 4.90 Å². The molecule has 4 heteroatoms. The van der Waals surface area contributed by atoms with Gasteiger partial charge in [-0.15, -0.1) is 0 Å². The minimum atomic E-state index is 0.179. The van der Waals surface area contributed by atoms with Crippen LogP contribution in [0.3, 0.4) is 0 Å². The molecule has 0 bridgehead atoms. The van der Waals surface area contributed by atoms with Crippen molar-refractivity contribution in [3.8, 4) is 0 Å². The van der Waals surface area contributed by atoms with Crippen LogP contribution in [0.5, 0.6) is 0 Å². The maximum absolute atomic E-state index is 12.4. The molecule has 1 aromatic rings. The van der Waals surface area contributed by atoms with Crippen molar-refractivity contribution in [1.29, 1.82) is 0 Å². The van der Waals surface area contributed by atoms with Gasteiger partial charge in [0, 0.05) is 37.4 Å². The van der Waals surface area contributed by atoms with E-state index in [1.165, 1.54) is 12.1 Å². The van der Waals surface area contributed by atoms with Crippen LogP contribution in [0.1, 0.15) is 29.6 Å². The van der Waals surface area contributed by atoms with Crippen LogP contribution in [-0.4, -0.2) is 50.2 Å². The molecule has 1 aromatic carbocycles. The van der Waals surface area contributed by atoms with Crippen molar-refractivity contribution in [2.75, 3.05) is 44.3 Å². The van der Waals surface area contributed by atoms with Crippen molar-refractivity contribution >= 4 is 11.6 Å². The van der Waals surface area contributed by atoms with Gasteiger partial charge in [-0.05, 0) is 43.5 Å². The predicted molar refractivity (Wildman–Crippen MR) is 79.2 cm³/mol. The van der Waals surface area contributed by atoms with Gasteiger partial charge < -0.3 is 14.5 Å². The Hall–Kier alpha value is -1.55. The van der Waals surface area contributed by atoms with Crippen LogP contribution >= 0.6 is 0 Å². The molecule has 4 nitrogen and oxygen atoms in total. The first-order chi connectivity index (χ1) is 9.84. The van der Waals surface area contributed by atoms with Crippen LogP contribution < -0.4 is 4.90 Å². The first-order valence-electron chi connectivity index (χ1n) is 7.56. The molecule has 0 N–H and O–H groups in total. The predicted octanol–water partition coefficient (Wildman–Crippen LogP) is 2.15. The molecule has 0 saturated carbocycles. The number of nitrogens with zero attached hydrogens (tertiary/aromatic N) is 2. The fraction of sp³-hybridized carbons (Fsp3) is 0.562. The molecule has 0 aromatic heterocycles. The normalized spacial score (nSPS) is 20.0. The lowest BCUT2D eigenvalue weighted by atomic mass is 10.1. The van der Waals surface area contributed by atoms with Crippen molar-refractivity contribution in [3.05, 3.63) is 29.8 Å². The Bertz CT molecular complexity index is 446. The van der Waals surface area contributed by atoms with Gasteiger partial charge >= 0.3 is 0 Å². The highest BCUT2D eigenvalue weighted by atomic mass is 16.5. The van der Waals surface area contributed by atoms with E-state index in [4.69, 9.17) is 4.74 Å². The summed E-state index contributed by atoms with van der Waals surface area (Å²) in [4.78, 5) is 16.7. The highest BCUT2D eigenvalue weighted by molar-refractivity contribution is 5.94. The Morgan fingerprint density at radius 2 is 1.55 bits per heavy atom. The maximum Gasteiger partial charge on any atom is 0.253 e. The van der Waals surface area contributed by atoms with Crippen molar-refractivity contribution in [2.24, 2.45) is 0 Å². The minimum absolute atomic E-state index is 0.179. The third-order valence-corrected chi connectivity index (χ3v) is 4.13. The molecule has 0 radical (unpaired) electrons. The van der Waals surface area contributed by atoms with E-state index < -0.39 is 0 Å². The van der Waals surface area contributed by atoms with Crippen molar-refractivity contribution in [2.45, 2.75) is 19.3 Å². The number of likely N-dealkylation sites (tertiary alicyclic amines) is 1. The number of anilines is 1. The van der Waals surface area contributed by atoms with Crippen LogP contribution in [0.15, 0.2) is 24.3 Å². The second-order valence-corrected chi connectivity index (χ2v) is 5.50. The van der Waals surface area contributed by atoms with Crippen molar-refractivity contribution < 1.29 is 9.53 Å². The Morgan fingerprint density at radius 1 is 0.900 bits per heavy atom. The molecule has 20 heavy (non-hydrogen) atoms. The molecule has 108 valence electrons. The number of piperidine rings is 1. The molecule has 0 atom stereocenters. The van der Waals surface area contributed by atoms with Gasteiger partial charge in [0.2, 0.25) is 0 Å². The molecule has 2 saturated heterocycles. The maximum atomic E-state index is 12.4. The lowest BCUT2D eigenvalue weighted by Crippen LogP contribution is -2.36. The number of hydrogen-bond donors (Lipinski definition) is 0. The number of rotatable bonds is 2. The number of carbonyl (C=O) groups excluding carboxylic acids is 1. The molecule has 2 fully saturated rings. The van der Waals surface area contributed by atoms with E-state index >= 15 is 0 Å². The number of carbonyl (C=O) groups is 1. The number of benzene rings is 1. The Balaban J connectivity index is 1.67. The summed E-state index contributed by atoms with van der Waals surface area (Å²) < 4.78 is 5.36. The third kappa shape index (κ3) is 2.96. The lowest BCUT2D eigenvalue weighted by molar-refractivity contribution is 0.0724. The highest BCUT2D eigenvalue weighted by Crippen LogP contribution is 2.19. The van der Waals surface area contributed by atoms with E-state index in [0.717, 1.165) is 57.8 Å². The average Bonchev–Trinajstić information content (AvgIpc) is 2.56. The quantitative estimate of drug-likeness (QED) is 0.828. The van der Waals surface area contributed by atoms with Crippen LogP contribution in [-0.2, 0) is 4.74 Å². The summed E-state index contributed by atoms with van der Waals surface area (Å²) in [5.41, 5.74) is 1.99. The summed E-state index contributed by atoms with van der Waals surface area (Å²) >= 11 is 0. The van der Waals surface area contributed by atoms with Crippen molar-refractivity contribution in [3.63, 3.8) is 0 Å². The molecular weight excluding hydrogens is 252 g/mol. The smallest absolute Gasteiger partial charge is 0.253 e. The molecule has 2 aliphatic rings. The van der Waals surface area contributed by atoms with Crippen LogP contribution in [0.4, 0.5) is 5.69 Å². The van der Waals surface area contributed by atoms with Gasteiger partial charge in [0.25, 0.3) is 5.91 Å². The molecule has 0 unspecified atom stereocenters. The fourth-order valence-electron chi connectivity index (χ4n) is 2.92. The zero-order valence-electron chi connectivity index (χ0n) is 11.9. The second kappa shape index (κ2) is 6.27. The summed E-state index contributed by atoms with van der Waals surface area (Å²) in [6.45, 7) is 5.25.